The number of hydrogen-bond acceptors (Lipinski definition) is 3. The van der Waals surface area contributed by atoms with Gasteiger partial charge in [0.05, 0.1) is 12.1 Å². The molecule has 1 aromatic rings. The summed E-state index contributed by atoms with van der Waals surface area (Å²) in [4.78, 5) is 22.2. The molecule has 0 aliphatic rings. The van der Waals surface area contributed by atoms with E-state index >= 15 is 0 Å². The molecule has 1 atom stereocenters. The zero-order valence-electron chi connectivity index (χ0n) is 12.5. The van der Waals surface area contributed by atoms with Crippen molar-refractivity contribution in [3.05, 3.63) is 29.8 Å². The maximum absolute atomic E-state index is 12.5. The molecular weight excluding hydrogens is 284 g/mol. The fourth-order valence-electron chi connectivity index (χ4n) is 1.80. The summed E-state index contributed by atoms with van der Waals surface area (Å²) in [6.45, 7) is 1.53. The van der Waals surface area contributed by atoms with Crippen LogP contribution in [0.25, 0.3) is 0 Å². The van der Waals surface area contributed by atoms with Crippen molar-refractivity contribution in [2.24, 2.45) is 0 Å². The maximum atomic E-state index is 12.5. The number of amides is 1. The van der Waals surface area contributed by atoms with Crippen molar-refractivity contribution < 1.29 is 48.6 Å². The van der Waals surface area contributed by atoms with Crippen LogP contribution in [0.3, 0.4) is 0 Å². The standard InChI is InChI=1S/C15H20FNO3.Na/c1-11(16)5-3-2-4-6-14(18)17-13-9-7-12(8-10-13)15(19)20;/h7-11H,2-6H2,1H3,(H,17,18)(H,19,20);/q;+1/p-1. The predicted octanol–water partition coefficient (Wildman–Crippen LogP) is -0.699. The molecule has 110 valence electrons. The van der Waals surface area contributed by atoms with Crippen LogP contribution in [0, 0.1) is 0 Å². The number of carboxylic acid groups (broad SMARTS) is 1. The second kappa shape index (κ2) is 10.8. The van der Waals surface area contributed by atoms with Crippen molar-refractivity contribution in [2.75, 3.05) is 5.32 Å². The van der Waals surface area contributed by atoms with Gasteiger partial charge in [-0.3, -0.25) is 4.79 Å². The minimum atomic E-state index is -1.25. The number of nitrogens with one attached hydrogen (secondary N) is 1. The zero-order chi connectivity index (χ0) is 15.0. The average Bonchev–Trinajstić information content (AvgIpc) is 2.38. The van der Waals surface area contributed by atoms with E-state index in [2.05, 4.69) is 5.32 Å². The van der Waals surface area contributed by atoms with Gasteiger partial charge in [0, 0.05) is 12.1 Å². The monoisotopic (exact) mass is 303 g/mol. The van der Waals surface area contributed by atoms with Crippen LogP contribution in [-0.4, -0.2) is 18.0 Å². The van der Waals surface area contributed by atoms with E-state index in [0.717, 1.165) is 19.3 Å². The number of unbranched alkanes of at least 4 members (excludes halogenated alkanes) is 2. The van der Waals surface area contributed by atoms with Gasteiger partial charge in [0.15, 0.2) is 0 Å². The van der Waals surface area contributed by atoms with Crippen molar-refractivity contribution in [1.82, 2.24) is 0 Å². The van der Waals surface area contributed by atoms with E-state index < -0.39 is 12.1 Å². The molecule has 4 nitrogen and oxygen atoms in total. The number of rotatable bonds is 8. The Morgan fingerprint density at radius 2 is 1.81 bits per heavy atom. The van der Waals surface area contributed by atoms with Gasteiger partial charge >= 0.3 is 29.6 Å². The number of carbonyl (C=O) groups excluding carboxylic acids is 2. The second-order valence-corrected chi connectivity index (χ2v) is 4.79. The number of carboxylic acids is 1. The molecule has 1 unspecified atom stereocenters. The molecule has 0 aliphatic carbocycles. The third-order valence-electron chi connectivity index (χ3n) is 2.91. The molecule has 0 fully saturated rings. The fraction of sp³-hybridized carbons (Fsp3) is 0.467. The summed E-state index contributed by atoms with van der Waals surface area (Å²) in [5.74, 6) is -1.37. The summed E-state index contributed by atoms with van der Waals surface area (Å²) >= 11 is 0. The number of alkyl halides is 1. The zero-order valence-corrected chi connectivity index (χ0v) is 14.5. The Balaban J connectivity index is 0.00000400. The molecule has 0 saturated heterocycles. The van der Waals surface area contributed by atoms with Crippen LogP contribution in [0.5, 0.6) is 0 Å². The largest absolute Gasteiger partial charge is 1.00 e. The fourth-order valence-corrected chi connectivity index (χ4v) is 1.80. The average molecular weight is 303 g/mol. The maximum Gasteiger partial charge on any atom is 1.00 e. The second-order valence-electron chi connectivity index (χ2n) is 4.79. The van der Waals surface area contributed by atoms with Crippen LogP contribution in [-0.2, 0) is 4.79 Å². The Bertz CT molecular complexity index is 449. The molecular formula is C15H19FNNaO3. The first kappa shape index (κ1) is 20.1. The molecule has 1 amide bonds. The number of carbonyl (C=O) groups is 2. The van der Waals surface area contributed by atoms with Gasteiger partial charge in [-0.05, 0) is 37.5 Å². The van der Waals surface area contributed by atoms with E-state index in [4.69, 9.17) is 0 Å². The SMILES string of the molecule is CC(F)CCCCCC(=O)Nc1ccc(C(=O)[O-])cc1.[Na+]. The Kier molecular flexibility index (Phi) is 10.3. The number of halogens is 1. The minimum absolute atomic E-state index is 0. The van der Waals surface area contributed by atoms with Crippen LogP contribution in [0.15, 0.2) is 24.3 Å². The van der Waals surface area contributed by atoms with Crippen LogP contribution in [0.2, 0.25) is 0 Å². The summed E-state index contributed by atoms with van der Waals surface area (Å²) in [7, 11) is 0. The number of aromatic carboxylic acids is 1. The Labute approximate surface area is 146 Å². The summed E-state index contributed by atoms with van der Waals surface area (Å²) < 4.78 is 12.5. The van der Waals surface area contributed by atoms with Gasteiger partial charge in [0.2, 0.25) is 5.91 Å². The molecule has 0 aromatic heterocycles. The number of hydrogen-bond donors (Lipinski definition) is 1. The molecule has 0 heterocycles. The molecule has 1 rings (SSSR count). The molecule has 0 bridgehead atoms. The molecule has 21 heavy (non-hydrogen) atoms. The van der Waals surface area contributed by atoms with Crippen LogP contribution >= 0.6 is 0 Å². The molecule has 1 aromatic carbocycles. The number of anilines is 1. The predicted molar refractivity (Wildman–Crippen MR) is 73.1 cm³/mol. The summed E-state index contributed by atoms with van der Waals surface area (Å²) in [5, 5.41) is 13.2. The first-order valence-corrected chi connectivity index (χ1v) is 6.74. The third-order valence-corrected chi connectivity index (χ3v) is 2.91. The molecule has 6 heteroatoms. The first-order valence-electron chi connectivity index (χ1n) is 6.74. The van der Waals surface area contributed by atoms with Crippen molar-refractivity contribution in [3.8, 4) is 0 Å². The Hall–Kier alpha value is -0.910. The summed E-state index contributed by atoms with van der Waals surface area (Å²) in [5.41, 5.74) is 0.626. The van der Waals surface area contributed by atoms with E-state index in [1.165, 1.54) is 31.2 Å². The van der Waals surface area contributed by atoms with E-state index in [-0.39, 0.29) is 41.0 Å². The molecule has 1 N–H and O–H groups in total. The van der Waals surface area contributed by atoms with Crippen molar-refractivity contribution in [3.63, 3.8) is 0 Å². The van der Waals surface area contributed by atoms with E-state index in [1.807, 2.05) is 0 Å². The minimum Gasteiger partial charge on any atom is -0.545 e. The van der Waals surface area contributed by atoms with E-state index in [1.54, 1.807) is 0 Å². The molecule has 0 radical (unpaired) electrons. The quantitative estimate of drug-likeness (QED) is 0.510. The van der Waals surface area contributed by atoms with Gasteiger partial charge in [-0.15, -0.1) is 0 Å². The topological polar surface area (TPSA) is 69.2 Å². The Morgan fingerprint density at radius 1 is 1.19 bits per heavy atom. The van der Waals surface area contributed by atoms with Crippen LogP contribution in [0.4, 0.5) is 10.1 Å². The van der Waals surface area contributed by atoms with E-state index in [9.17, 15) is 19.1 Å². The van der Waals surface area contributed by atoms with Gasteiger partial charge in [-0.2, -0.15) is 0 Å². The van der Waals surface area contributed by atoms with Crippen molar-refractivity contribution in [2.45, 2.75) is 45.2 Å². The van der Waals surface area contributed by atoms with Gasteiger partial charge < -0.3 is 15.2 Å². The van der Waals surface area contributed by atoms with Gasteiger partial charge in [0.25, 0.3) is 0 Å². The third kappa shape index (κ3) is 8.86. The van der Waals surface area contributed by atoms with Crippen molar-refractivity contribution in [1.29, 1.82) is 0 Å². The Morgan fingerprint density at radius 3 is 2.33 bits per heavy atom. The van der Waals surface area contributed by atoms with Gasteiger partial charge in [-0.1, -0.05) is 25.0 Å². The van der Waals surface area contributed by atoms with Gasteiger partial charge in [-0.25, -0.2) is 4.39 Å². The van der Waals surface area contributed by atoms with Crippen molar-refractivity contribution >= 4 is 17.6 Å². The molecule has 0 aliphatic heterocycles. The smallest absolute Gasteiger partial charge is 0.545 e. The number of benzene rings is 1. The first-order chi connectivity index (χ1) is 9.49. The molecule has 0 spiro atoms. The summed E-state index contributed by atoms with van der Waals surface area (Å²) in [6.07, 6.45) is 2.45. The van der Waals surface area contributed by atoms with E-state index in [0.29, 0.717) is 18.5 Å². The normalized spacial score (nSPS) is 11.3. The van der Waals surface area contributed by atoms with Crippen LogP contribution in [0.1, 0.15) is 49.4 Å². The van der Waals surface area contributed by atoms with Gasteiger partial charge in [0.1, 0.15) is 0 Å². The summed E-state index contributed by atoms with van der Waals surface area (Å²) in [6, 6.07) is 5.81. The molecule has 0 saturated carbocycles. The van der Waals surface area contributed by atoms with Crippen LogP contribution < -0.4 is 40.0 Å².